The minimum atomic E-state index is -4.58. The van der Waals surface area contributed by atoms with Crippen molar-refractivity contribution in [3.8, 4) is 0 Å². The van der Waals surface area contributed by atoms with E-state index in [0.717, 1.165) is 12.1 Å². The third-order valence-electron chi connectivity index (χ3n) is 2.61. The molecule has 2 aromatic carbocycles. The molecule has 5 heteroatoms. The highest BCUT2D eigenvalue weighted by Gasteiger charge is 2.31. The van der Waals surface area contributed by atoms with E-state index < -0.39 is 23.4 Å². The van der Waals surface area contributed by atoms with E-state index in [1.165, 1.54) is 24.3 Å². The average molecular weight is 272 g/mol. The van der Waals surface area contributed by atoms with Gasteiger partial charge in [-0.15, -0.1) is 0 Å². The van der Waals surface area contributed by atoms with Crippen LogP contribution >= 0.6 is 0 Å². The summed E-state index contributed by atoms with van der Waals surface area (Å²) in [5, 5.41) is 0. The van der Waals surface area contributed by atoms with Gasteiger partial charge < -0.3 is 0 Å². The molecule has 0 amide bonds. The van der Waals surface area contributed by atoms with Gasteiger partial charge in [0.1, 0.15) is 11.6 Å². The lowest BCUT2D eigenvalue weighted by atomic mass is 10.0. The Morgan fingerprint density at radius 1 is 0.737 bits per heavy atom. The Kier molecular flexibility index (Phi) is 3.55. The lowest BCUT2D eigenvalue weighted by Crippen LogP contribution is -2.06. The standard InChI is InChI=1S/C14H9F5/c15-12-3-1-9(2-4-12)5-10-6-11(14(17,18)19)8-13(16)7-10/h1-4,6-8H,5H2. The molecule has 0 spiro atoms. The molecule has 0 aliphatic heterocycles. The van der Waals surface area contributed by atoms with Crippen molar-refractivity contribution in [1.82, 2.24) is 0 Å². The lowest BCUT2D eigenvalue weighted by Gasteiger charge is -2.09. The first-order chi connectivity index (χ1) is 8.84. The Hall–Kier alpha value is -1.91. The van der Waals surface area contributed by atoms with Crippen LogP contribution < -0.4 is 0 Å². The lowest BCUT2D eigenvalue weighted by molar-refractivity contribution is -0.137. The molecule has 100 valence electrons. The summed E-state index contributed by atoms with van der Waals surface area (Å²) >= 11 is 0. The van der Waals surface area contributed by atoms with E-state index in [1.807, 2.05) is 0 Å². The number of alkyl halides is 3. The van der Waals surface area contributed by atoms with Gasteiger partial charge in [-0.2, -0.15) is 13.2 Å². The van der Waals surface area contributed by atoms with Crippen LogP contribution in [0.5, 0.6) is 0 Å². The fraction of sp³-hybridized carbons (Fsp3) is 0.143. The number of rotatable bonds is 2. The van der Waals surface area contributed by atoms with Crippen LogP contribution in [0.15, 0.2) is 42.5 Å². The average Bonchev–Trinajstić information content (AvgIpc) is 2.30. The van der Waals surface area contributed by atoms with Gasteiger partial charge in [0.25, 0.3) is 0 Å². The van der Waals surface area contributed by atoms with E-state index in [4.69, 9.17) is 0 Å². The van der Waals surface area contributed by atoms with Crippen molar-refractivity contribution in [2.45, 2.75) is 12.6 Å². The summed E-state index contributed by atoms with van der Waals surface area (Å²) in [6.45, 7) is 0. The Morgan fingerprint density at radius 2 is 1.37 bits per heavy atom. The van der Waals surface area contributed by atoms with Crippen molar-refractivity contribution in [3.63, 3.8) is 0 Å². The van der Waals surface area contributed by atoms with Crippen LogP contribution in [-0.2, 0) is 12.6 Å². The molecule has 0 saturated carbocycles. The highest BCUT2D eigenvalue weighted by atomic mass is 19.4. The topological polar surface area (TPSA) is 0 Å². The molecule has 0 nitrogen and oxygen atoms in total. The molecule has 0 heterocycles. The molecular formula is C14H9F5. The zero-order chi connectivity index (χ0) is 14.0. The predicted molar refractivity (Wildman–Crippen MR) is 60.6 cm³/mol. The first-order valence-corrected chi connectivity index (χ1v) is 5.46. The third kappa shape index (κ3) is 3.53. The Balaban J connectivity index is 2.30. The van der Waals surface area contributed by atoms with Crippen LogP contribution in [0.2, 0.25) is 0 Å². The molecule has 0 atom stereocenters. The Labute approximate surface area is 106 Å². The second-order valence-corrected chi connectivity index (χ2v) is 4.15. The third-order valence-corrected chi connectivity index (χ3v) is 2.61. The van der Waals surface area contributed by atoms with Crippen LogP contribution in [0.1, 0.15) is 16.7 Å². The van der Waals surface area contributed by atoms with Gasteiger partial charge in [-0.1, -0.05) is 12.1 Å². The predicted octanol–water partition coefficient (Wildman–Crippen LogP) is 4.57. The summed E-state index contributed by atoms with van der Waals surface area (Å²) in [6.07, 6.45) is -4.47. The maximum atomic E-state index is 13.2. The van der Waals surface area contributed by atoms with E-state index in [9.17, 15) is 22.0 Å². The van der Waals surface area contributed by atoms with Gasteiger partial charge in [0.15, 0.2) is 0 Å². The van der Waals surface area contributed by atoms with Gasteiger partial charge in [-0.05, 0) is 47.9 Å². The Morgan fingerprint density at radius 3 is 1.95 bits per heavy atom. The summed E-state index contributed by atoms with van der Waals surface area (Å²) < 4.78 is 63.4. The molecule has 0 fully saturated rings. The van der Waals surface area contributed by atoms with Crippen molar-refractivity contribution < 1.29 is 22.0 Å². The van der Waals surface area contributed by atoms with Crippen LogP contribution in [-0.4, -0.2) is 0 Å². The summed E-state index contributed by atoms with van der Waals surface area (Å²) in [6, 6.07) is 7.71. The van der Waals surface area contributed by atoms with E-state index in [2.05, 4.69) is 0 Å². The van der Waals surface area contributed by atoms with Crippen molar-refractivity contribution in [3.05, 3.63) is 70.8 Å². The van der Waals surface area contributed by atoms with Crippen LogP contribution in [0, 0.1) is 11.6 Å². The van der Waals surface area contributed by atoms with Gasteiger partial charge in [0.2, 0.25) is 0 Å². The monoisotopic (exact) mass is 272 g/mol. The first-order valence-electron chi connectivity index (χ1n) is 5.46. The largest absolute Gasteiger partial charge is 0.416 e. The van der Waals surface area contributed by atoms with Crippen molar-refractivity contribution in [2.24, 2.45) is 0 Å². The summed E-state index contributed by atoms with van der Waals surface area (Å²) in [4.78, 5) is 0. The molecule has 0 N–H and O–H groups in total. The molecule has 0 aliphatic rings. The van der Waals surface area contributed by atoms with Gasteiger partial charge >= 0.3 is 6.18 Å². The van der Waals surface area contributed by atoms with Crippen molar-refractivity contribution in [2.75, 3.05) is 0 Å². The maximum absolute atomic E-state index is 13.2. The quantitative estimate of drug-likeness (QED) is 0.702. The summed E-state index contributed by atoms with van der Waals surface area (Å²) in [5.41, 5.74) is -0.219. The zero-order valence-corrected chi connectivity index (χ0v) is 9.64. The molecule has 2 aromatic rings. The van der Waals surface area contributed by atoms with Crippen molar-refractivity contribution in [1.29, 1.82) is 0 Å². The molecular weight excluding hydrogens is 263 g/mol. The highest BCUT2D eigenvalue weighted by Crippen LogP contribution is 2.30. The van der Waals surface area contributed by atoms with Gasteiger partial charge in [-0.25, -0.2) is 8.78 Å². The number of halogens is 5. The van der Waals surface area contributed by atoms with Gasteiger partial charge in [0.05, 0.1) is 5.56 Å². The number of hydrogen-bond donors (Lipinski definition) is 0. The van der Waals surface area contributed by atoms with E-state index in [-0.39, 0.29) is 12.0 Å². The Bertz CT molecular complexity index is 569. The van der Waals surface area contributed by atoms with Crippen LogP contribution in [0.25, 0.3) is 0 Å². The number of hydrogen-bond acceptors (Lipinski definition) is 0. The minimum absolute atomic E-state index is 0.112. The maximum Gasteiger partial charge on any atom is 0.416 e. The summed E-state index contributed by atoms with van der Waals surface area (Å²) in [7, 11) is 0. The minimum Gasteiger partial charge on any atom is -0.207 e. The molecule has 0 radical (unpaired) electrons. The molecule has 0 aromatic heterocycles. The fourth-order valence-electron chi connectivity index (χ4n) is 1.75. The second-order valence-electron chi connectivity index (χ2n) is 4.15. The van der Waals surface area contributed by atoms with Crippen molar-refractivity contribution >= 4 is 0 Å². The molecule has 0 aliphatic carbocycles. The van der Waals surface area contributed by atoms with Crippen LogP contribution in [0.4, 0.5) is 22.0 Å². The SMILES string of the molecule is Fc1ccc(Cc2cc(F)cc(C(F)(F)F)c2)cc1. The smallest absolute Gasteiger partial charge is 0.207 e. The molecule has 2 rings (SSSR count). The molecule has 19 heavy (non-hydrogen) atoms. The van der Waals surface area contributed by atoms with E-state index >= 15 is 0 Å². The summed E-state index contributed by atoms with van der Waals surface area (Å²) in [5.74, 6) is -1.37. The van der Waals surface area contributed by atoms with E-state index in [0.29, 0.717) is 11.6 Å². The first kappa shape index (κ1) is 13.5. The van der Waals surface area contributed by atoms with Gasteiger partial charge in [0, 0.05) is 0 Å². The fourth-order valence-corrected chi connectivity index (χ4v) is 1.75. The van der Waals surface area contributed by atoms with Gasteiger partial charge in [-0.3, -0.25) is 0 Å². The highest BCUT2D eigenvalue weighted by molar-refractivity contribution is 5.31. The normalized spacial score (nSPS) is 11.6. The van der Waals surface area contributed by atoms with E-state index in [1.54, 1.807) is 0 Å². The molecule has 0 unspecified atom stereocenters. The number of benzene rings is 2. The molecule has 0 bridgehead atoms. The van der Waals surface area contributed by atoms with Crippen LogP contribution in [0.3, 0.4) is 0 Å². The zero-order valence-electron chi connectivity index (χ0n) is 9.64. The molecule has 0 saturated heterocycles. The second kappa shape index (κ2) is 4.99.